The summed E-state index contributed by atoms with van der Waals surface area (Å²) in [7, 11) is 1.44. The third-order valence-electron chi connectivity index (χ3n) is 5.72. The first-order valence-electron chi connectivity index (χ1n) is 10.6. The van der Waals surface area contributed by atoms with Gasteiger partial charge in [0.05, 0.1) is 25.2 Å². The van der Waals surface area contributed by atoms with Gasteiger partial charge in [-0.05, 0) is 38.5 Å². The maximum atomic E-state index is 11.4. The van der Waals surface area contributed by atoms with Crippen molar-refractivity contribution < 1.29 is 19.7 Å². The van der Waals surface area contributed by atoms with Crippen LogP contribution >= 0.6 is 0 Å². The third kappa shape index (κ3) is 8.68. The molecule has 1 saturated carbocycles. The van der Waals surface area contributed by atoms with E-state index in [1.54, 1.807) is 0 Å². The Labute approximate surface area is 160 Å². The van der Waals surface area contributed by atoms with E-state index in [9.17, 15) is 15.0 Å². The van der Waals surface area contributed by atoms with Crippen molar-refractivity contribution >= 4 is 5.97 Å². The van der Waals surface area contributed by atoms with Gasteiger partial charge in [-0.1, -0.05) is 64.0 Å². The fourth-order valence-electron chi connectivity index (χ4n) is 3.93. The highest BCUT2D eigenvalue weighted by molar-refractivity contribution is 5.71. The van der Waals surface area contributed by atoms with E-state index in [4.69, 9.17) is 4.74 Å². The maximum Gasteiger partial charge on any atom is 0.308 e. The summed E-state index contributed by atoms with van der Waals surface area (Å²) in [6, 6.07) is 0. The number of ether oxygens (including phenoxy) is 1. The first-order chi connectivity index (χ1) is 12.5. The van der Waals surface area contributed by atoms with Crippen LogP contribution in [0.3, 0.4) is 0 Å². The number of aliphatic hydroxyl groups excluding tert-OH is 2. The van der Waals surface area contributed by atoms with Gasteiger partial charge in [0, 0.05) is 5.92 Å². The van der Waals surface area contributed by atoms with Gasteiger partial charge in [-0.15, -0.1) is 0 Å². The van der Waals surface area contributed by atoms with Crippen molar-refractivity contribution in [1.29, 1.82) is 0 Å². The van der Waals surface area contributed by atoms with Crippen LogP contribution < -0.4 is 0 Å². The number of carbonyl (C=O) groups excluding carboxylic acids is 1. The summed E-state index contributed by atoms with van der Waals surface area (Å²) >= 11 is 0. The molecule has 0 radical (unpaired) electrons. The number of hydrogen-bond donors (Lipinski definition) is 2. The molecule has 4 nitrogen and oxygen atoms in total. The monoisotopic (exact) mass is 368 g/mol. The van der Waals surface area contributed by atoms with E-state index in [0.717, 1.165) is 64.2 Å². The van der Waals surface area contributed by atoms with Gasteiger partial charge in [-0.2, -0.15) is 0 Å². The number of hydrogen-bond acceptors (Lipinski definition) is 4. The normalized spacial score (nSPS) is 24.0. The Kier molecular flexibility index (Phi) is 11.9. The van der Waals surface area contributed by atoms with Crippen LogP contribution in [-0.2, 0) is 9.53 Å². The molecule has 152 valence electrons. The number of aliphatic hydroxyl groups is 2. The number of carbonyl (C=O) groups is 1. The maximum absolute atomic E-state index is 11.4. The summed E-state index contributed by atoms with van der Waals surface area (Å²) < 4.78 is 4.76. The fourth-order valence-corrected chi connectivity index (χ4v) is 3.93. The standard InChI is InChI=1S/C22H40O4/c1-4-5-7-11-19(23)15-13-18-14-16-21(24)20(18)12-9-6-8-10-17(2)22(25)26-3/h13,17,19-21,23-24H,4-12,14-16H2,1-3H3/t17?,19?,20-,21+/m1/s1. The van der Waals surface area contributed by atoms with E-state index in [-0.39, 0.29) is 30.0 Å². The van der Waals surface area contributed by atoms with Crippen LogP contribution in [0.25, 0.3) is 0 Å². The lowest BCUT2D eigenvalue weighted by atomic mass is 9.92. The molecule has 0 aromatic carbocycles. The van der Waals surface area contributed by atoms with E-state index in [1.165, 1.54) is 25.5 Å². The molecule has 0 aromatic rings. The predicted octanol–water partition coefficient (Wildman–Crippen LogP) is 4.77. The van der Waals surface area contributed by atoms with E-state index in [1.807, 2.05) is 6.92 Å². The van der Waals surface area contributed by atoms with Crippen molar-refractivity contribution in [2.45, 2.75) is 103 Å². The second-order valence-electron chi connectivity index (χ2n) is 7.94. The summed E-state index contributed by atoms with van der Waals surface area (Å²) in [5.41, 5.74) is 1.34. The quantitative estimate of drug-likeness (QED) is 0.279. The summed E-state index contributed by atoms with van der Waals surface area (Å²) in [5.74, 6) is 0.108. The Morgan fingerprint density at radius 1 is 1.23 bits per heavy atom. The number of unbranched alkanes of at least 4 members (excludes halogenated alkanes) is 4. The smallest absolute Gasteiger partial charge is 0.308 e. The lowest BCUT2D eigenvalue weighted by molar-refractivity contribution is -0.145. The van der Waals surface area contributed by atoms with Gasteiger partial charge in [-0.3, -0.25) is 4.79 Å². The third-order valence-corrected chi connectivity index (χ3v) is 5.72. The minimum Gasteiger partial charge on any atom is -0.469 e. The molecule has 0 aliphatic heterocycles. The van der Waals surface area contributed by atoms with Crippen LogP contribution in [0.4, 0.5) is 0 Å². The van der Waals surface area contributed by atoms with Crippen molar-refractivity contribution in [2.75, 3.05) is 7.11 Å². The lowest BCUT2D eigenvalue weighted by Gasteiger charge is -2.17. The molecule has 2 N–H and O–H groups in total. The summed E-state index contributed by atoms with van der Waals surface area (Å²) in [5, 5.41) is 20.4. The average molecular weight is 369 g/mol. The highest BCUT2D eigenvalue weighted by Crippen LogP contribution is 2.36. The molecule has 0 aromatic heterocycles. The lowest BCUT2D eigenvalue weighted by Crippen LogP contribution is -2.15. The Morgan fingerprint density at radius 3 is 2.65 bits per heavy atom. The Bertz CT molecular complexity index is 418. The molecule has 2 unspecified atom stereocenters. The second-order valence-corrected chi connectivity index (χ2v) is 7.94. The van der Waals surface area contributed by atoms with E-state index in [2.05, 4.69) is 13.0 Å². The van der Waals surface area contributed by atoms with Gasteiger partial charge in [0.15, 0.2) is 0 Å². The van der Waals surface area contributed by atoms with Gasteiger partial charge < -0.3 is 14.9 Å². The van der Waals surface area contributed by atoms with Crippen molar-refractivity contribution in [3.8, 4) is 0 Å². The molecule has 0 heterocycles. The molecular weight excluding hydrogens is 328 g/mol. The molecule has 1 aliphatic rings. The minimum absolute atomic E-state index is 0.0262. The highest BCUT2D eigenvalue weighted by atomic mass is 16.5. The van der Waals surface area contributed by atoms with Crippen molar-refractivity contribution in [2.24, 2.45) is 11.8 Å². The molecule has 0 spiro atoms. The first-order valence-corrected chi connectivity index (χ1v) is 10.6. The van der Waals surface area contributed by atoms with Crippen LogP contribution in [0.2, 0.25) is 0 Å². The number of rotatable bonds is 13. The molecule has 0 saturated heterocycles. The fraction of sp³-hybridized carbons (Fsp3) is 0.864. The highest BCUT2D eigenvalue weighted by Gasteiger charge is 2.29. The zero-order valence-electron chi connectivity index (χ0n) is 17.1. The Hall–Kier alpha value is -0.870. The Balaban J connectivity index is 2.30. The molecule has 1 rings (SSSR count). The number of methoxy groups -OCH3 is 1. The van der Waals surface area contributed by atoms with E-state index >= 15 is 0 Å². The average Bonchev–Trinajstić information content (AvgIpc) is 2.98. The Morgan fingerprint density at radius 2 is 1.96 bits per heavy atom. The van der Waals surface area contributed by atoms with Gasteiger partial charge in [0.2, 0.25) is 0 Å². The molecule has 4 heteroatoms. The SMILES string of the molecule is CCCCCC(O)CC=C1CC[C@H](O)[C@@H]1CCCCCC(C)C(=O)OC. The van der Waals surface area contributed by atoms with Crippen LogP contribution in [-0.4, -0.2) is 35.5 Å². The molecule has 1 fully saturated rings. The van der Waals surface area contributed by atoms with Gasteiger partial charge >= 0.3 is 5.97 Å². The zero-order chi connectivity index (χ0) is 19.4. The second kappa shape index (κ2) is 13.3. The predicted molar refractivity (Wildman–Crippen MR) is 106 cm³/mol. The van der Waals surface area contributed by atoms with Crippen LogP contribution in [0.15, 0.2) is 11.6 Å². The molecule has 0 amide bonds. The largest absolute Gasteiger partial charge is 0.469 e. The van der Waals surface area contributed by atoms with Gasteiger partial charge in [0.1, 0.15) is 0 Å². The van der Waals surface area contributed by atoms with Crippen LogP contribution in [0, 0.1) is 11.8 Å². The van der Waals surface area contributed by atoms with E-state index in [0.29, 0.717) is 0 Å². The first kappa shape index (κ1) is 23.2. The molecule has 1 aliphatic carbocycles. The minimum atomic E-state index is -0.243. The topological polar surface area (TPSA) is 66.8 Å². The summed E-state index contributed by atoms with van der Waals surface area (Å²) in [6.07, 6.45) is 13.6. The molecule has 4 atom stereocenters. The van der Waals surface area contributed by atoms with E-state index < -0.39 is 0 Å². The summed E-state index contributed by atoms with van der Waals surface area (Å²) in [4.78, 5) is 11.4. The van der Waals surface area contributed by atoms with Crippen LogP contribution in [0.1, 0.15) is 90.9 Å². The molecular formula is C22H40O4. The van der Waals surface area contributed by atoms with Crippen molar-refractivity contribution in [3.05, 3.63) is 11.6 Å². The molecule has 26 heavy (non-hydrogen) atoms. The zero-order valence-corrected chi connectivity index (χ0v) is 17.1. The van der Waals surface area contributed by atoms with Crippen LogP contribution in [0.5, 0.6) is 0 Å². The van der Waals surface area contributed by atoms with Crippen molar-refractivity contribution in [3.63, 3.8) is 0 Å². The summed E-state index contributed by atoms with van der Waals surface area (Å²) in [6.45, 7) is 4.09. The molecule has 0 bridgehead atoms. The number of esters is 1. The van der Waals surface area contributed by atoms with Crippen molar-refractivity contribution in [1.82, 2.24) is 0 Å². The van der Waals surface area contributed by atoms with Gasteiger partial charge in [-0.25, -0.2) is 0 Å². The van der Waals surface area contributed by atoms with Gasteiger partial charge in [0.25, 0.3) is 0 Å².